The summed E-state index contributed by atoms with van der Waals surface area (Å²) in [7, 11) is 1.72. The Morgan fingerprint density at radius 2 is 1.75 bits per heavy atom. The van der Waals surface area contributed by atoms with Gasteiger partial charge >= 0.3 is 0 Å². The van der Waals surface area contributed by atoms with Gasteiger partial charge in [-0.15, -0.1) is 0 Å². The second-order valence-electron chi connectivity index (χ2n) is 3.66. The monoisotopic (exact) mass is 174 g/mol. The molecule has 0 amide bonds. The SMILES string of the molecule is COCCCO[C@H](C)CC(C)C. The summed E-state index contributed by atoms with van der Waals surface area (Å²) >= 11 is 0. The van der Waals surface area contributed by atoms with Crippen LogP contribution >= 0.6 is 0 Å². The summed E-state index contributed by atoms with van der Waals surface area (Å²) < 4.78 is 10.5. The van der Waals surface area contributed by atoms with Gasteiger partial charge < -0.3 is 9.47 Å². The third-order valence-corrected chi connectivity index (χ3v) is 1.70. The van der Waals surface area contributed by atoms with E-state index in [1.807, 2.05) is 0 Å². The van der Waals surface area contributed by atoms with Crippen molar-refractivity contribution in [2.45, 2.75) is 39.7 Å². The Labute approximate surface area is 76.3 Å². The van der Waals surface area contributed by atoms with Crippen molar-refractivity contribution >= 4 is 0 Å². The molecule has 12 heavy (non-hydrogen) atoms. The molecule has 0 radical (unpaired) electrons. The first kappa shape index (κ1) is 11.9. The maximum absolute atomic E-state index is 5.57. The highest BCUT2D eigenvalue weighted by molar-refractivity contribution is 4.53. The van der Waals surface area contributed by atoms with Gasteiger partial charge in [-0.3, -0.25) is 0 Å². The molecular formula is C10H22O2. The van der Waals surface area contributed by atoms with Crippen LogP contribution in [0.2, 0.25) is 0 Å². The summed E-state index contributed by atoms with van der Waals surface area (Å²) in [4.78, 5) is 0. The Balaban J connectivity index is 3.14. The molecule has 0 aromatic heterocycles. The zero-order valence-corrected chi connectivity index (χ0v) is 8.80. The van der Waals surface area contributed by atoms with E-state index in [2.05, 4.69) is 20.8 Å². The fraction of sp³-hybridized carbons (Fsp3) is 1.00. The average Bonchev–Trinajstić information content (AvgIpc) is 1.97. The lowest BCUT2D eigenvalue weighted by Gasteiger charge is -2.14. The van der Waals surface area contributed by atoms with Crippen LogP contribution in [0.4, 0.5) is 0 Å². The van der Waals surface area contributed by atoms with Gasteiger partial charge in [-0.2, -0.15) is 0 Å². The zero-order chi connectivity index (χ0) is 9.40. The number of rotatable bonds is 7. The molecule has 0 heterocycles. The van der Waals surface area contributed by atoms with E-state index in [9.17, 15) is 0 Å². The molecule has 0 saturated carbocycles. The summed E-state index contributed by atoms with van der Waals surface area (Å²) in [5.41, 5.74) is 0. The number of hydrogen-bond donors (Lipinski definition) is 0. The molecule has 0 aliphatic heterocycles. The van der Waals surface area contributed by atoms with Crippen molar-refractivity contribution < 1.29 is 9.47 Å². The van der Waals surface area contributed by atoms with Crippen LogP contribution in [0.5, 0.6) is 0 Å². The molecule has 0 spiro atoms. The lowest BCUT2D eigenvalue weighted by atomic mass is 10.1. The van der Waals surface area contributed by atoms with Crippen LogP contribution in [-0.2, 0) is 9.47 Å². The molecular weight excluding hydrogens is 152 g/mol. The molecule has 0 aromatic carbocycles. The molecule has 0 fully saturated rings. The molecule has 0 rings (SSSR count). The largest absolute Gasteiger partial charge is 0.385 e. The predicted octanol–water partition coefficient (Wildman–Crippen LogP) is 2.47. The highest BCUT2D eigenvalue weighted by Gasteiger charge is 2.03. The van der Waals surface area contributed by atoms with Crippen LogP contribution in [-0.4, -0.2) is 26.4 Å². The van der Waals surface area contributed by atoms with E-state index in [1.54, 1.807) is 7.11 Å². The topological polar surface area (TPSA) is 18.5 Å². The van der Waals surface area contributed by atoms with E-state index in [0.717, 1.165) is 32.0 Å². The van der Waals surface area contributed by atoms with Crippen LogP contribution in [0.25, 0.3) is 0 Å². The maximum Gasteiger partial charge on any atom is 0.0549 e. The standard InChI is InChI=1S/C10H22O2/c1-9(2)8-10(3)12-7-5-6-11-4/h9-10H,5-8H2,1-4H3/t10-/m1/s1. The minimum atomic E-state index is 0.391. The predicted molar refractivity (Wildman–Crippen MR) is 51.4 cm³/mol. The van der Waals surface area contributed by atoms with Crippen LogP contribution in [0.3, 0.4) is 0 Å². The van der Waals surface area contributed by atoms with Gasteiger partial charge in [-0.05, 0) is 25.7 Å². The summed E-state index contributed by atoms with van der Waals surface area (Å²) in [6.45, 7) is 8.19. The normalized spacial score (nSPS) is 13.8. The number of hydrogen-bond acceptors (Lipinski definition) is 2. The molecule has 0 unspecified atom stereocenters. The van der Waals surface area contributed by atoms with Gasteiger partial charge in [0.25, 0.3) is 0 Å². The van der Waals surface area contributed by atoms with Crippen molar-refractivity contribution in [3.05, 3.63) is 0 Å². The van der Waals surface area contributed by atoms with Crippen LogP contribution in [0.15, 0.2) is 0 Å². The fourth-order valence-electron chi connectivity index (χ4n) is 1.22. The molecule has 1 atom stereocenters. The number of methoxy groups -OCH3 is 1. The lowest BCUT2D eigenvalue weighted by Crippen LogP contribution is -2.12. The van der Waals surface area contributed by atoms with Crippen molar-refractivity contribution in [1.82, 2.24) is 0 Å². The van der Waals surface area contributed by atoms with E-state index in [0.29, 0.717) is 6.10 Å². The summed E-state index contributed by atoms with van der Waals surface area (Å²) in [5, 5.41) is 0. The van der Waals surface area contributed by atoms with Crippen LogP contribution in [0.1, 0.15) is 33.6 Å². The van der Waals surface area contributed by atoms with Gasteiger partial charge in [-0.25, -0.2) is 0 Å². The molecule has 74 valence electrons. The molecule has 2 nitrogen and oxygen atoms in total. The highest BCUT2D eigenvalue weighted by atomic mass is 16.5. The third kappa shape index (κ3) is 8.02. The number of ether oxygens (including phenoxy) is 2. The van der Waals surface area contributed by atoms with E-state index in [-0.39, 0.29) is 0 Å². The Kier molecular flexibility index (Phi) is 7.51. The second-order valence-corrected chi connectivity index (χ2v) is 3.66. The average molecular weight is 174 g/mol. The van der Waals surface area contributed by atoms with Gasteiger partial charge in [0, 0.05) is 20.3 Å². The van der Waals surface area contributed by atoms with E-state index < -0.39 is 0 Å². The second kappa shape index (κ2) is 7.56. The first-order chi connectivity index (χ1) is 5.66. The summed E-state index contributed by atoms with van der Waals surface area (Å²) in [6.07, 6.45) is 2.54. The van der Waals surface area contributed by atoms with E-state index in [1.165, 1.54) is 0 Å². The molecule has 0 bridgehead atoms. The Bertz CT molecular complexity index is 91.8. The zero-order valence-electron chi connectivity index (χ0n) is 8.80. The minimum absolute atomic E-state index is 0.391. The van der Waals surface area contributed by atoms with Gasteiger partial charge in [0.2, 0.25) is 0 Å². The molecule has 0 aromatic rings. The first-order valence-corrected chi connectivity index (χ1v) is 4.77. The van der Waals surface area contributed by atoms with Gasteiger partial charge in [0.1, 0.15) is 0 Å². The maximum atomic E-state index is 5.57. The van der Waals surface area contributed by atoms with E-state index >= 15 is 0 Å². The summed E-state index contributed by atoms with van der Waals surface area (Å²) in [6, 6.07) is 0. The van der Waals surface area contributed by atoms with Crippen molar-refractivity contribution in [3.63, 3.8) is 0 Å². The van der Waals surface area contributed by atoms with Gasteiger partial charge in [0.05, 0.1) is 6.10 Å². The lowest BCUT2D eigenvalue weighted by molar-refractivity contribution is 0.0388. The molecule has 0 saturated heterocycles. The first-order valence-electron chi connectivity index (χ1n) is 4.77. The van der Waals surface area contributed by atoms with Crippen molar-refractivity contribution in [3.8, 4) is 0 Å². The molecule has 0 aliphatic rings. The van der Waals surface area contributed by atoms with E-state index in [4.69, 9.17) is 9.47 Å². The Hall–Kier alpha value is -0.0800. The highest BCUT2D eigenvalue weighted by Crippen LogP contribution is 2.07. The third-order valence-electron chi connectivity index (χ3n) is 1.70. The van der Waals surface area contributed by atoms with Gasteiger partial charge in [0.15, 0.2) is 0 Å². The Morgan fingerprint density at radius 1 is 1.08 bits per heavy atom. The molecule has 2 heteroatoms. The molecule has 0 aliphatic carbocycles. The van der Waals surface area contributed by atoms with Crippen molar-refractivity contribution in [2.24, 2.45) is 5.92 Å². The smallest absolute Gasteiger partial charge is 0.0549 e. The quantitative estimate of drug-likeness (QED) is 0.552. The Morgan fingerprint density at radius 3 is 2.25 bits per heavy atom. The van der Waals surface area contributed by atoms with Crippen LogP contribution < -0.4 is 0 Å². The minimum Gasteiger partial charge on any atom is -0.385 e. The van der Waals surface area contributed by atoms with Gasteiger partial charge in [-0.1, -0.05) is 13.8 Å². The van der Waals surface area contributed by atoms with Crippen molar-refractivity contribution in [2.75, 3.05) is 20.3 Å². The summed E-state index contributed by atoms with van der Waals surface area (Å²) in [5.74, 6) is 0.724. The fourth-order valence-corrected chi connectivity index (χ4v) is 1.22. The van der Waals surface area contributed by atoms with Crippen molar-refractivity contribution in [1.29, 1.82) is 0 Å². The molecule has 0 N–H and O–H groups in total. The van der Waals surface area contributed by atoms with Crippen LogP contribution in [0, 0.1) is 5.92 Å².